The van der Waals surface area contributed by atoms with Crippen LogP contribution in [-0.4, -0.2) is 34.8 Å². The smallest absolute Gasteiger partial charge is 0.247 e. The van der Waals surface area contributed by atoms with E-state index in [-0.39, 0.29) is 34.7 Å². The lowest BCUT2D eigenvalue weighted by molar-refractivity contribution is -0.140. The van der Waals surface area contributed by atoms with E-state index in [1.165, 1.54) is 11.3 Å². The van der Waals surface area contributed by atoms with Crippen LogP contribution >= 0.6 is 0 Å². The molecule has 21 heavy (non-hydrogen) atoms. The second-order valence-corrected chi connectivity index (χ2v) is 8.73. The number of likely N-dealkylation sites (tertiary alicyclic amines) is 1. The van der Waals surface area contributed by atoms with Crippen molar-refractivity contribution in [3.05, 3.63) is 0 Å². The highest BCUT2D eigenvalue weighted by molar-refractivity contribution is 6.05. The lowest BCUT2D eigenvalue weighted by Gasteiger charge is -2.45. The number of carbonyl (C=O) groups is 2. The number of imide groups is 1. The fraction of sp³-hybridized carbons (Fsp3) is 0.882. The second-order valence-electron chi connectivity index (χ2n) is 8.73. The fourth-order valence-corrected chi connectivity index (χ4v) is 4.57. The van der Waals surface area contributed by atoms with E-state index in [2.05, 4.69) is 33.0 Å². The number of hydrogen-bond donors (Lipinski definition) is 1. The molecule has 0 aromatic heterocycles. The molecule has 0 radical (unpaired) electrons. The van der Waals surface area contributed by atoms with Crippen LogP contribution in [0.3, 0.4) is 0 Å². The average molecular weight is 294 g/mol. The summed E-state index contributed by atoms with van der Waals surface area (Å²) in [4.78, 5) is 25.8. The third-order valence-electron chi connectivity index (χ3n) is 4.69. The molecule has 1 aliphatic carbocycles. The minimum atomic E-state index is -0.324. The van der Waals surface area contributed by atoms with E-state index in [4.69, 9.17) is 0 Å². The summed E-state index contributed by atoms with van der Waals surface area (Å²) in [7, 11) is 0. The molecule has 1 aliphatic heterocycles. The van der Waals surface area contributed by atoms with Gasteiger partial charge >= 0.3 is 0 Å². The van der Waals surface area contributed by atoms with Gasteiger partial charge in [-0.2, -0.15) is 0 Å². The first-order valence-corrected chi connectivity index (χ1v) is 8.13. The number of carbonyl (C=O) groups excluding carboxylic acids is 2. The van der Waals surface area contributed by atoms with E-state index in [1.807, 2.05) is 13.8 Å². The van der Waals surface area contributed by atoms with Gasteiger partial charge in [0.1, 0.15) is 0 Å². The molecule has 4 heteroatoms. The maximum absolute atomic E-state index is 12.4. The maximum atomic E-state index is 12.4. The number of nitrogens with zero attached hydrogens (tertiary/aromatic N) is 1. The molecule has 1 N–H and O–H groups in total. The van der Waals surface area contributed by atoms with Crippen LogP contribution in [0.15, 0.2) is 0 Å². The zero-order chi connectivity index (χ0) is 16.0. The van der Waals surface area contributed by atoms with Crippen molar-refractivity contribution in [1.82, 2.24) is 10.2 Å². The Balaban J connectivity index is 2.05. The van der Waals surface area contributed by atoms with Crippen molar-refractivity contribution in [3.63, 3.8) is 0 Å². The Morgan fingerprint density at radius 2 is 1.62 bits per heavy atom. The Bertz CT molecular complexity index is 424. The SMILES string of the molecule is CC(C)N1C(=O)CC(NC2CC(C)(C)CC(C)(C)C2)C1=O. The fourth-order valence-electron chi connectivity index (χ4n) is 4.57. The molecule has 2 fully saturated rings. The van der Waals surface area contributed by atoms with E-state index < -0.39 is 0 Å². The molecule has 0 aromatic carbocycles. The van der Waals surface area contributed by atoms with Gasteiger partial charge in [0, 0.05) is 12.1 Å². The predicted octanol–water partition coefficient (Wildman–Crippen LogP) is 2.72. The van der Waals surface area contributed by atoms with Gasteiger partial charge in [-0.25, -0.2) is 0 Å². The van der Waals surface area contributed by atoms with Gasteiger partial charge < -0.3 is 5.32 Å². The molecule has 2 rings (SSSR count). The third kappa shape index (κ3) is 3.65. The van der Waals surface area contributed by atoms with Crippen molar-refractivity contribution in [2.75, 3.05) is 0 Å². The highest BCUT2D eigenvalue weighted by Crippen LogP contribution is 2.45. The van der Waals surface area contributed by atoms with Crippen LogP contribution in [0.25, 0.3) is 0 Å². The Morgan fingerprint density at radius 1 is 1.10 bits per heavy atom. The molecule has 4 nitrogen and oxygen atoms in total. The number of amides is 2. The van der Waals surface area contributed by atoms with E-state index in [9.17, 15) is 9.59 Å². The summed E-state index contributed by atoms with van der Waals surface area (Å²) < 4.78 is 0. The first-order valence-electron chi connectivity index (χ1n) is 8.13. The highest BCUT2D eigenvalue weighted by atomic mass is 16.2. The summed E-state index contributed by atoms with van der Waals surface area (Å²) in [6.07, 6.45) is 3.65. The summed E-state index contributed by atoms with van der Waals surface area (Å²) in [5.74, 6) is -0.0852. The summed E-state index contributed by atoms with van der Waals surface area (Å²) in [5, 5.41) is 3.48. The Morgan fingerprint density at radius 3 is 2.05 bits per heavy atom. The summed E-state index contributed by atoms with van der Waals surface area (Å²) >= 11 is 0. The van der Waals surface area contributed by atoms with E-state index in [0.717, 1.165) is 12.8 Å². The Hall–Kier alpha value is -0.900. The summed E-state index contributed by atoms with van der Waals surface area (Å²) in [6.45, 7) is 13.0. The lowest BCUT2D eigenvalue weighted by atomic mass is 9.63. The van der Waals surface area contributed by atoms with Crippen LogP contribution in [0.2, 0.25) is 0 Å². The van der Waals surface area contributed by atoms with Crippen molar-refractivity contribution in [1.29, 1.82) is 0 Å². The molecule has 120 valence electrons. The van der Waals surface area contributed by atoms with Crippen molar-refractivity contribution < 1.29 is 9.59 Å². The van der Waals surface area contributed by atoms with E-state index in [0.29, 0.717) is 12.5 Å². The van der Waals surface area contributed by atoms with Crippen molar-refractivity contribution >= 4 is 11.8 Å². The van der Waals surface area contributed by atoms with Crippen molar-refractivity contribution in [2.24, 2.45) is 10.8 Å². The van der Waals surface area contributed by atoms with Gasteiger partial charge in [0.15, 0.2) is 0 Å². The monoisotopic (exact) mass is 294 g/mol. The third-order valence-corrected chi connectivity index (χ3v) is 4.69. The van der Waals surface area contributed by atoms with Gasteiger partial charge in [0.05, 0.1) is 12.5 Å². The van der Waals surface area contributed by atoms with Crippen LogP contribution in [0.4, 0.5) is 0 Å². The van der Waals surface area contributed by atoms with Crippen LogP contribution < -0.4 is 5.32 Å². The topological polar surface area (TPSA) is 49.4 Å². The summed E-state index contributed by atoms with van der Waals surface area (Å²) in [5.41, 5.74) is 0.561. The van der Waals surface area contributed by atoms with E-state index >= 15 is 0 Å². The molecule has 2 aliphatic rings. The average Bonchev–Trinajstić information content (AvgIpc) is 2.48. The molecule has 1 atom stereocenters. The molecular formula is C17H30N2O2. The molecule has 0 aromatic rings. The molecule has 1 heterocycles. The van der Waals surface area contributed by atoms with Gasteiger partial charge in [-0.05, 0) is 43.9 Å². The molecular weight excluding hydrogens is 264 g/mol. The minimum absolute atomic E-state index is 0.0400. The Kier molecular flexibility index (Phi) is 4.22. The molecule has 1 saturated heterocycles. The summed E-state index contributed by atoms with van der Waals surface area (Å²) in [6, 6.07) is -0.0525. The van der Waals surface area contributed by atoms with Crippen LogP contribution in [-0.2, 0) is 9.59 Å². The minimum Gasteiger partial charge on any atom is -0.303 e. The number of rotatable bonds is 3. The van der Waals surface area contributed by atoms with Crippen molar-refractivity contribution in [2.45, 2.75) is 85.4 Å². The highest BCUT2D eigenvalue weighted by Gasteiger charge is 2.44. The normalized spacial score (nSPS) is 29.5. The number of nitrogens with one attached hydrogen (secondary N) is 1. The molecule has 1 saturated carbocycles. The zero-order valence-electron chi connectivity index (χ0n) is 14.3. The van der Waals surface area contributed by atoms with Gasteiger partial charge in [-0.1, -0.05) is 27.7 Å². The maximum Gasteiger partial charge on any atom is 0.247 e. The molecule has 0 bridgehead atoms. The Labute approximate surface area is 128 Å². The van der Waals surface area contributed by atoms with Crippen LogP contribution in [0, 0.1) is 10.8 Å². The molecule has 2 amide bonds. The molecule has 0 spiro atoms. The quantitative estimate of drug-likeness (QED) is 0.814. The van der Waals surface area contributed by atoms with Gasteiger partial charge in [0.2, 0.25) is 11.8 Å². The molecule has 1 unspecified atom stereocenters. The second kappa shape index (κ2) is 5.38. The largest absolute Gasteiger partial charge is 0.303 e. The van der Waals surface area contributed by atoms with Gasteiger partial charge in [0.25, 0.3) is 0 Å². The zero-order valence-corrected chi connectivity index (χ0v) is 14.3. The predicted molar refractivity (Wildman–Crippen MR) is 83.7 cm³/mol. The van der Waals surface area contributed by atoms with Gasteiger partial charge in [-0.3, -0.25) is 14.5 Å². The van der Waals surface area contributed by atoms with Gasteiger partial charge in [-0.15, -0.1) is 0 Å². The first kappa shape index (κ1) is 16.5. The lowest BCUT2D eigenvalue weighted by Crippen LogP contribution is -2.50. The number of hydrogen-bond acceptors (Lipinski definition) is 3. The van der Waals surface area contributed by atoms with Crippen LogP contribution in [0.1, 0.15) is 67.2 Å². The standard InChI is InChI=1S/C17H30N2O2/c1-11(2)19-14(20)7-13(15(19)21)18-12-8-16(3,4)10-17(5,6)9-12/h11-13,18H,7-10H2,1-6H3. The van der Waals surface area contributed by atoms with Crippen molar-refractivity contribution in [3.8, 4) is 0 Å². The van der Waals surface area contributed by atoms with E-state index in [1.54, 1.807) is 0 Å². The first-order chi connectivity index (χ1) is 9.51. The van der Waals surface area contributed by atoms with Crippen LogP contribution in [0.5, 0.6) is 0 Å².